The molecule has 0 spiro atoms. The van der Waals surface area contributed by atoms with E-state index in [1.807, 2.05) is 6.07 Å². The lowest BCUT2D eigenvalue weighted by Gasteiger charge is -2.40. The van der Waals surface area contributed by atoms with Crippen LogP contribution in [0.25, 0.3) is 0 Å². The number of ether oxygens (including phenoxy) is 1. The van der Waals surface area contributed by atoms with Crippen molar-refractivity contribution in [3.05, 3.63) is 52.7 Å². The van der Waals surface area contributed by atoms with E-state index < -0.39 is 47.2 Å². The van der Waals surface area contributed by atoms with Gasteiger partial charge >= 0.3 is 6.18 Å². The van der Waals surface area contributed by atoms with Crippen LogP contribution in [0.15, 0.2) is 29.4 Å². The van der Waals surface area contributed by atoms with E-state index in [1.165, 1.54) is 26.1 Å². The Hall–Kier alpha value is -3.75. The van der Waals surface area contributed by atoms with Crippen LogP contribution in [0.2, 0.25) is 0 Å². The molecule has 3 rings (SSSR count). The molecule has 0 radical (unpaired) electrons. The van der Waals surface area contributed by atoms with Crippen LogP contribution < -0.4 is 11.1 Å². The maximum atomic E-state index is 14.7. The number of pyridine rings is 2. The molecular formula is C20H18F4N6O2. The van der Waals surface area contributed by atoms with E-state index in [1.54, 1.807) is 6.92 Å². The zero-order chi connectivity index (χ0) is 23.8. The fourth-order valence-corrected chi connectivity index (χ4v) is 3.42. The van der Waals surface area contributed by atoms with Gasteiger partial charge in [0.2, 0.25) is 6.10 Å². The lowest BCUT2D eigenvalue weighted by Crippen LogP contribution is -2.52. The highest BCUT2D eigenvalue weighted by Crippen LogP contribution is 2.44. The van der Waals surface area contributed by atoms with Crippen molar-refractivity contribution >= 4 is 17.7 Å². The third kappa shape index (κ3) is 4.18. The second kappa shape index (κ2) is 8.07. The quantitative estimate of drug-likeness (QED) is 0.692. The van der Waals surface area contributed by atoms with Gasteiger partial charge in [0.25, 0.3) is 11.9 Å². The number of amidine groups is 1. The lowest BCUT2D eigenvalue weighted by molar-refractivity contribution is -0.223. The number of nitrogens with two attached hydrogens (primary N) is 1. The van der Waals surface area contributed by atoms with Crippen LogP contribution in [0.5, 0.6) is 0 Å². The summed E-state index contributed by atoms with van der Waals surface area (Å²) in [5.41, 5.74) is 3.88. The van der Waals surface area contributed by atoms with Crippen LogP contribution >= 0.6 is 0 Å². The molecule has 0 aliphatic carbocycles. The van der Waals surface area contributed by atoms with Crippen molar-refractivity contribution < 1.29 is 27.1 Å². The third-order valence-electron chi connectivity index (χ3n) is 5.24. The predicted octanol–water partition coefficient (Wildman–Crippen LogP) is 3.18. The number of nitrogens with zero attached hydrogens (tertiary/aromatic N) is 4. The fraction of sp³-hybridized carbons (Fsp3) is 0.350. The Balaban J connectivity index is 1.98. The van der Waals surface area contributed by atoms with Crippen molar-refractivity contribution in [2.45, 2.75) is 38.6 Å². The molecule has 2 aromatic rings. The third-order valence-corrected chi connectivity index (χ3v) is 5.24. The predicted molar refractivity (Wildman–Crippen MR) is 105 cm³/mol. The molecule has 1 amide bonds. The maximum absolute atomic E-state index is 14.7. The second-order valence-corrected chi connectivity index (χ2v) is 7.45. The van der Waals surface area contributed by atoms with Crippen molar-refractivity contribution in [1.29, 1.82) is 5.26 Å². The first kappa shape index (κ1) is 22.9. The van der Waals surface area contributed by atoms with Crippen molar-refractivity contribution in [3.8, 4) is 6.07 Å². The summed E-state index contributed by atoms with van der Waals surface area (Å²) in [4.78, 5) is 24.5. The Morgan fingerprint density at radius 1 is 1.38 bits per heavy atom. The van der Waals surface area contributed by atoms with Crippen molar-refractivity contribution in [2.24, 2.45) is 16.6 Å². The molecule has 0 saturated carbocycles. The van der Waals surface area contributed by atoms with Crippen LogP contribution in [0.1, 0.15) is 41.2 Å². The normalized spacial score (nSPS) is 23.0. The summed E-state index contributed by atoms with van der Waals surface area (Å²) in [6.45, 7) is 4.03. The highest BCUT2D eigenvalue weighted by molar-refractivity contribution is 6.03. The molecule has 1 aliphatic rings. The highest BCUT2D eigenvalue weighted by atomic mass is 19.4. The number of anilines is 1. The zero-order valence-corrected chi connectivity index (χ0v) is 17.2. The number of nitrogens with one attached hydrogen (secondary N) is 1. The smallest absolute Gasteiger partial charge is 0.425 e. The minimum atomic E-state index is -4.78. The van der Waals surface area contributed by atoms with Crippen LogP contribution in [0.3, 0.4) is 0 Å². The van der Waals surface area contributed by atoms with E-state index >= 15 is 0 Å². The Morgan fingerprint density at radius 2 is 2.06 bits per heavy atom. The SMILES string of the molecule is Cc1cc(C#N)cnc1C(=O)Nc1ccc(F)c([C@@]2(C)N=C(N)O[C@H](C(F)(F)F)[C@@H]2C)n1. The van der Waals surface area contributed by atoms with E-state index in [0.717, 1.165) is 12.1 Å². The Labute approximate surface area is 180 Å². The molecule has 32 heavy (non-hydrogen) atoms. The van der Waals surface area contributed by atoms with Crippen molar-refractivity contribution in [2.75, 3.05) is 5.32 Å². The number of rotatable bonds is 3. The fourth-order valence-electron chi connectivity index (χ4n) is 3.42. The number of nitriles is 1. The van der Waals surface area contributed by atoms with Gasteiger partial charge in [-0.1, -0.05) is 6.92 Å². The maximum Gasteiger partial charge on any atom is 0.425 e. The Bertz CT molecular complexity index is 1140. The summed E-state index contributed by atoms with van der Waals surface area (Å²) in [7, 11) is 0. The number of amides is 1. The lowest BCUT2D eigenvalue weighted by atomic mass is 9.79. The van der Waals surface area contributed by atoms with E-state index in [2.05, 4.69) is 25.0 Å². The van der Waals surface area contributed by atoms with E-state index in [-0.39, 0.29) is 17.1 Å². The first-order chi connectivity index (χ1) is 14.9. The number of carbonyl (C=O) groups is 1. The summed E-state index contributed by atoms with van der Waals surface area (Å²) in [5, 5.41) is 11.3. The second-order valence-electron chi connectivity index (χ2n) is 7.45. The molecule has 0 fully saturated rings. The molecule has 3 heterocycles. The molecule has 0 bridgehead atoms. The standard InChI is InChI=1S/C20H18F4N6O2/c1-9-6-11(7-25)8-27-14(9)17(31)29-13-5-4-12(21)15(28-13)19(3)10(2)16(20(22,23)24)32-18(26)30-19/h4-6,8,10,16H,1-3H3,(H2,26,30)(H,28,29,31)/t10-,16-,19-/m0/s1. The molecule has 2 aromatic heterocycles. The minimum absolute atomic E-state index is 0.00159. The van der Waals surface area contributed by atoms with Gasteiger partial charge in [-0.25, -0.2) is 19.4 Å². The van der Waals surface area contributed by atoms with Gasteiger partial charge in [0.15, 0.2) is 0 Å². The van der Waals surface area contributed by atoms with Crippen molar-refractivity contribution in [1.82, 2.24) is 9.97 Å². The van der Waals surface area contributed by atoms with Crippen LogP contribution in [-0.2, 0) is 10.3 Å². The number of hydrogen-bond donors (Lipinski definition) is 2. The number of alkyl halides is 3. The number of carbonyl (C=O) groups excluding carboxylic acids is 1. The molecule has 0 aromatic carbocycles. The number of aryl methyl sites for hydroxylation is 1. The first-order valence-corrected chi connectivity index (χ1v) is 9.30. The number of hydrogen-bond acceptors (Lipinski definition) is 7. The molecular weight excluding hydrogens is 432 g/mol. The molecule has 8 nitrogen and oxygen atoms in total. The van der Waals surface area contributed by atoms with Gasteiger partial charge in [-0.2, -0.15) is 18.4 Å². The minimum Gasteiger partial charge on any atom is -0.452 e. The van der Waals surface area contributed by atoms with E-state index in [0.29, 0.717) is 5.56 Å². The molecule has 1 aliphatic heterocycles. The zero-order valence-electron chi connectivity index (χ0n) is 17.2. The molecule has 168 valence electrons. The van der Waals surface area contributed by atoms with Gasteiger partial charge in [-0.05, 0) is 37.6 Å². The Kier molecular flexibility index (Phi) is 5.78. The van der Waals surface area contributed by atoms with Gasteiger partial charge < -0.3 is 15.8 Å². The molecule has 3 atom stereocenters. The van der Waals surface area contributed by atoms with Crippen LogP contribution in [0.4, 0.5) is 23.4 Å². The topological polar surface area (TPSA) is 126 Å². The summed E-state index contributed by atoms with van der Waals surface area (Å²) in [5.74, 6) is -3.14. The summed E-state index contributed by atoms with van der Waals surface area (Å²) < 4.78 is 59.6. The summed E-state index contributed by atoms with van der Waals surface area (Å²) in [6, 6.07) is 4.72. The van der Waals surface area contributed by atoms with Crippen LogP contribution in [-0.4, -0.2) is 34.2 Å². The Morgan fingerprint density at radius 3 is 2.66 bits per heavy atom. The molecule has 12 heteroatoms. The van der Waals surface area contributed by atoms with E-state index in [4.69, 9.17) is 11.0 Å². The number of aliphatic imine (C=N–C) groups is 1. The first-order valence-electron chi connectivity index (χ1n) is 9.30. The van der Waals surface area contributed by atoms with Gasteiger partial charge in [0.05, 0.1) is 5.56 Å². The van der Waals surface area contributed by atoms with Gasteiger partial charge in [0.1, 0.15) is 34.6 Å². The van der Waals surface area contributed by atoms with Crippen molar-refractivity contribution in [3.63, 3.8) is 0 Å². The van der Waals surface area contributed by atoms with Crippen LogP contribution in [0, 0.1) is 30.0 Å². The van der Waals surface area contributed by atoms with E-state index in [9.17, 15) is 22.4 Å². The summed E-state index contributed by atoms with van der Waals surface area (Å²) >= 11 is 0. The number of aromatic nitrogens is 2. The monoisotopic (exact) mass is 450 g/mol. The average Bonchev–Trinajstić information content (AvgIpc) is 2.70. The highest BCUT2D eigenvalue weighted by Gasteiger charge is 2.56. The summed E-state index contributed by atoms with van der Waals surface area (Å²) in [6.07, 6.45) is -5.89. The average molecular weight is 450 g/mol. The van der Waals surface area contributed by atoms with Gasteiger partial charge in [0, 0.05) is 12.1 Å². The number of halogens is 4. The molecule has 0 saturated heterocycles. The largest absolute Gasteiger partial charge is 0.452 e. The molecule has 3 N–H and O–H groups in total. The van der Waals surface area contributed by atoms with Gasteiger partial charge in [-0.15, -0.1) is 0 Å². The molecule has 0 unspecified atom stereocenters. The van der Waals surface area contributed by atoms with Gasteiger partial charge in [-0.3, -0.25) is 4.79 Å².